The van der Waals surface area contributed by atoms with Crippen molar-refractivity contribution in [3.05, 3.63) is 71.3 Å². The van der Waals surface area contributed by atoms with Crippen LogP contribution in [0.4, 0.5) is 0 Å². The zero-order valence-corrected chi connectivity index (χ0v) is 16.4. The van der Waals surface area contributed by atoms with Gasteiger partial charge in [0.15, 0.2) is 0 Å². The van der Waals surface area contributed by atoms with Crippen molar-refractivity contribution in [1.82, 2.24) is 9.80 Å². The molecule has 0 aliphatic carbocycles. The number of hydrogen-bond acceptors (Lipinski definition) is 4. The molecule has 0 unspecified atom stereocenters. The lowest BCUT2D eigenvalue weighted by atomic mass is 10.1. The third kappa shape index (κ3) is 5.94. The van der Waals surface area contributed by atoms with Gasteiger partial charge in [-0.1, -0.05) is 36.4 Å². The molecule has 0 saturated carbocycles. The van der Waals surface area contributed by atoms with E-state index in [1.807, 2.05) is 30.3 Å². The summed E-state index contributed by atoms with van der Waals surface area (Å²) in [5, 5.41) is 8.96. The molecule has 1 heterocycles. The predicted molar refractivity (Wildman–Crippen MR) is 112 cm³/mol. The first-order valence-corrected chi connectivity index (χ1v) is 9.71. The maximum atomic E-state index is 10.9. The molecular formula is C23H28N2O3. The maximum absolute atomic E-state index is 10.9. The molecule has 1 N–H and O–H groups in total. The topological polar surface area (TPSA) is 53.0 Å². The molecule has 0 atom stereocenters. The van der Waals surface area contributed by atoms with Crippen LogP contribution in [0.2, 0.25) is 0 Å². The van der Waals surface area contributed by atoms with Gasteiger partial charge < -0.3 is 14.7 Å². The van der Waals surface area contributed by atoms with E-state index in [4.69, 9.17) is 9.84 Å². The third-order valence-electron chi connectivity index (χ3n) is 5.15. The molecule has 1 aliphatic heterocycles. The molecule has 0 aromatic heterocycles. The van der Waals surface area contributed by atoms with E-state index in [0.717, 1.165) is 57.0 Å². The minimum absolute atomic E-state index is 0.347. The fourth-order valence-electron chi connectivity index (χ4n) is 3.38. The Morgan fingerprint density at radius 2 is 1.79 bits per heavy atom. The van der Waals surface area contributed by atoms with Crippen LogP contribution in [0.1, 0.15) is 21.5 Å². The highest BCUT2D eigenvalue weighted by molar-refractivity contribution is 5.87. The Morgan fingerprint density at radius 1 is 1.07 bits per heavy atom. The second kappa shape index (κ2) is 10.1. The monoisotopic (exact) mass is 380 g/mol. The smallest absolute Gasteiger partial charge is 0.335 e. The number of carbonyl (C=O) groups is 1. The van der Waals surface area contributed by atoms with Crippen molar-refractivity contribution in [3.8, 4) is 5.75 Å². The van der Waals surface area contributed by atoms with Gasteiger partial charge in [0, 0.05) is 39.3 Å². The van der Waals surface area contributed by atoms with Crippen LogP contribution in [-0.4, -0.2) is 67.3 Å². The second-order valence-corrected chi connectivity index (χ2v) is 7.07. The Morgan fingerprint density at radius 3 is 2.46 bits per heavy atom. The SMILES string of the molecule is COc1cccc(C=CCN2CCN(CCc3ccc(C(=O)O)cc3)CC2)c1. The third-order valence-corrected chi connectivity index (χ3v) is 5.15. The number of carboxylic acids is 1. The number of nitrogens with zero attached hydrogens (tertiary/aromatic N) is 2. The normalized spacial score (nSPS) is 15.8. The summed E-state index contributed by atoms with van der Waals surface area (Å²) in [4.78, 5) is 15.9. The van der Waals surface area contributed by atoms with Crippen LogP contribution >= 0.6 is 0 Å². The molecule has 1 saturated heterocycles. The van der Waals surface area contributed by atoms with Crippen molar-refractivity contribution >= 4 is 12.0 Å². The second-order valence-electron chi connectivity index (χ2n) is 7.07. The number of ether oxygens (including phenoxy) is 1. The van der Waals surface area contributed by atoms with Crippen molar-refractivity contribution in [2.24, 2.45) is 0 Å². The zero-order valence-electron chi connectivity index (χ0n) is 16.4. The number of carboxylic acid groups (broad SMARTS) is 1. The molecule has 0 spiro atoms. The van der Waals surface area contributed by atoms with Crippen LogP contribution in [-0.2, 0) is 6.42 Å². The van der Waals surface area contributed by atoms with Gasteiger partial charge in [-0.2, -0.15) is 0 Å². The summed E-state index contributed by atoms with van der Waals surface area (Å²) in [6, 6.07) is 15.3. The summed E-state index contributed by atoms with van der Waals surface area (Å²) in [6.07, 6.45) is 5.32. The van der Waals surface area contributed by atoms with Crippen molar-refractivity contribution in [3.63, 3.8) is 0 Å². The summed E-state index contributed by atoms with van der Waals surface area (Å²) >= 11 is 0. The number of rotatable bonds is 8. The van der Waals surface area contributed by atoms with Gasteiger partial charge >= 0.3 is 5.97 Å². The van der Waals surface area contributed by atoms with Gasteiger partial charge in [-0.15, -0.1) is 0 Å². The van der Waals surface area contributed by atoms with E-state index >= 15 is 0 Å². The van der Waals surface area contributed by atoms with Crippen molar-refractivity contribution < 1.29 is 14.6 Å². The number of aromatic carboxylic acids is 1. The van der Waals surface area contributed by atoms with E-state index in [1.54, 1.807) is 19.2 Å². The Labute approximate surface area is 166 Å². The highest BCUT2D eigenvalue weighted by atomic mass is 16.5. The molecule has 28 heavy (non-hydrogen) atoms. The fraction of sp³-hybridized carbons (Fsp3) is 0.348. The Balaban J connectivity index is 1.38. The molecule has 5 nitrogen and oxygen atoms in total. The van der Waals surface area contributed by atoms with Crippen molar-refractivity contribution in [1.29, 1.82) is 0 Å². The first-order chi connectivity index (χ1) is 13.6. The Bertz CT molecular complexity index is 794. The van der Waals surface area contributed by atoms with Gasteiger partial charge in [-0.05, 0) is 41.8 Å². The maximum Gasteiger partial charge on any atom is 0.335 e. The summed E-state index contributed by atoms with van der Waals surface area (Å²) < 4.78 is 5.26. The van der Waals surface area contributed by atoms with Gasteiger partial charge in [0.2, 0.25) is 0 Å². The van der Waals surface area contributed by atoms with Gasteiger partial charge in [0.25, 0.3) is 0 Å². The molecule has 0 radical (unpaired) electrons. The average Bonchev–Trinajstić information content (AvgIpc) is 2.73. The highest BCUT2D eigenvalue weighted by Gasteiger charge is 2.15. The Kier molecular flexibility index (Phi) is 7.23. The minimum Gasteiger partial charge on any atom is -0.497 e. The standard InChI is InChI=1S/C23H28N2O3/c1-28-22-6-2-4-20(18-22)5-3-12-24-14-16-25(17-15-24)13-11-19-7-9-21(10-8-19)23(26)27/h2-10,18H,11-17H2,1H3,(H,26,27). The minimum atomic E-state index is -0.872. The quantitative estimate of drug-likeness (QED) is 0.762. The molecule has 5 heteroatoms. The number of methoxy groups -OCH3 is 1. The van der Waals surface area contributed by atoms with Gasteiger partial charge in [-0.3, -0.25) is 4.90 Å². The first kappa shape index (κ1) is 20.1. The predicted octanol–water partition coefficient (Wildman–Crippen LogP) is 3.27. The van der Waals surface area contributed by atoms with Crippen LogP contribution in [0.15, 0.2) is 54.6 Å². The molecule has 1 aliphatic rings. The lowest BCUT2D eigenvalue weighted by molar-refractivity contribution is 0.0697. The van der Waals surface area contributed by atoms with Crippen LogP contribution < -0.4 is 4.74 Å². The molecular weight excluding hydrogens is 352 g/mol. The molecule has 3 rings (SSSR count). The van der Waals surface area contributed by atoms with Crippen LogP contribution in [0.5, 0.6) is 5.75 Å². The fourth-order valence-corrected chi connectivity index (χ4v) is 3.38. The van der Waals surface area contributed by atoms with Gasteiger partial charge in [0.05, 0.1) is 12.7 Å². The molecule has 2 aromatic rings. The van der Waals surface area contributed by atoms with Crippen molar-refractivity contribution in [2.75, 3.05) is 46.4 Å². The first-order valence-electron chi connectivity index (χ1n) is 9.71. The molecule has 0 bridgehead atoms. The number of benzene rings is 2. The summed E-state index contributed by atoms with van der Waals surface area (Å²) in [5.41, 5.74) is 2.69. The summed E-state index contributed by atoms with van der Waals surface area (Å²) in [6.45, 7) is 6.25. The largest absolute Gasteiger partial charge is 0.497 e. The van der Waals surface area contributed by atoms with Gasteiger partial charge in [-0.25, -0.2) is 4.79 Å². The number of hydrogen-bond donors (Lipinski definition) is 1. The van der Waals surface area contributed by atoms with E-state index < -0.39 is 5.97 Å². The molecule has 148 valence electrons. The average molecular weight is 380 g/mol. The van der Waals surface area contributed by atoms with E-state index in [-0.39, 0.29) is 0 Å². The van der Waals surface area contributed by atoms with E-state index in [1.165, 1.54) is 5.56 Å². The number of piperazine rings is 1. The van der Waals surface area contributed by atoms with Crippen LogP contribution in [0.3, 0.4) is 0 Å². The molecule has 1 fully saturated rings. The van der Waals surface area contributed by atoms with E-state index in [0.29, 0.717) is 5.56 Å². The van der Waals surface area contributed by atoms with E-state index in [2.05, 4.69) is 28.0 Å². The summed E-state index contributed by atoms with van der Waals surface area (Å²) in [5.74, 6) is 0.0106. The van der Waals surface area contributed by atoms with Crippen molar-refractivity contribution in [2.45, 2.75) is 6.42 Å². The lowest BCUT2D eigenvalue weighted by Crippen LogP contribution is -2.46. The summed E-state index contributed by atoms with van der Waals surface area (Å²) in [7, 11) is 1.69. The van der Waals surface area contributed by atoms with E-state index in [9.17, 15) is 4.79 Å². The molecule has 2 aromatic carbocycles. The zero-order chi connectivity index (χ0) is 19.8. The Hall–Kier alpha value is -2.63. The van der Waals surface area contributed by atoms with Crippen LogP contribution in [0, 0.1) is 0 Å². The van der Waals surface area contributed by atoms with Gasteiger partial charge in [0.1, 0.15) is 5.75 Å². The lowest BCUT2D eigenvalue weighted by Gasteiger charge is -2.34. The molecule has 0 amide bonds. The highest BCUT2D eigenvalue weighted by Crippen LogP contribution is 2.14. The van der Waals surface area contributed by atoms with Crippen LogP contribution in [0.25, 0.3) is 6.08 Å².